The maximum atomic E-state index is 4.64. The third kappa shape index (κ3) is 2.46. The zero-order valence-corrected chi connectivity index (χ0v) is 11.8. The third-order valence-corrected chi connectivity index (χ3v) is 3.90. The van der Waals surface area contributed by atoms with Crippen molar-refractivity contribution in [1.82, 2.24) is 19.6 Å². The Bertz CT molecular complexity index is 720. The van der Waals surface area contributed by atoms with Crippen molar-refractivity contribution in [2.24, 2.45) is 0 Å². The summed E-state index contributed by atoms with van der Waals surface area (Å²) in [6, 6.07) is 10.2. The molecule has 0 saturated heterocycles. The minimum absolute atomic E-state index is 0.633. The van der Waals surface area contributed by atoms with Crippen molar-refractivity contribution in [3.63, 3.8) is 0 Å². The summed E-state index contributed by atoms with van der Waals surface area (Å²) in [6.07, 6.45) is 6.71. The summed E-state index contributed by atoms with van der Waals surface area (Å²) < 4.78 is 1.79. The number of aromatic nitrogens is 4. The van der Waals surface area contributed by atoms with Gasteiger partial charge in [0.2, 0.25) is 5.95 Å². The highest BCUT2D eigenvalue weighted by Crippen LogP contribution is 2.19. The summed E-state index contributed by atoms with van der Waals surface area (Å²) in [5, 5.41) is 7.73. The second-order valence-electron chi connectivity index (χ2n) is 5.44. The van der Waals surface area contributed by atoms with E-state index in [1.54, 1.807) is 4.52 Å². The van der Waals surface area contributed by atoms with Gasteiger partial charge < -0.3 is 5.32 Å². The smallest absolute Gasteiger partial charge is 0.254 e. The number of nitrogens with one attached hydrogen (secondary N) is 1. The van der Waals surface area contributed by atoms with E-state index in [1.807, 2.05) is 18.2 Å². The van der Waals surface area contributed by atoms with Crippen LogP contribution in [0.5, 0.6) is 0 Å². The largest absolute Gasteiger partial charge is 0.349 e. The Labute approximate surface area is 123 Å². The van der Waals surface area contributed by atoms with E-state index in [2.05, 4.69) is 38.7 Å². The van der Waals surface area contributed by atoms with E-state index in [0.29, 0.717) is 11.7 Å². The summed E-state index contributed by atoms with van der Waals surface area (Å²) >= 11 is 0. The fourth-order valence-corrected chi connectivity index (χ4v) is 2.78. The average Bonchev–Trinajstić information content (AvgIpc) is 2.93. The molecule has 0 radical (unpaired) electrons. The molecule has 106 valence electrons. The van der Waals surface area contributed by atoms with Gasteiger partial charge in [-0.3, -0.25) is 0 Å². The van der Waals surface area contributed by atoms with Crippen molar-refractivity contribution in [3.8, 4) is 0 Å². The minimum Gasteiger partial charge on any atom is -0.349 e. The van der Waals surface area contributed by atoms with Crippen molar-refractivity contribution in [2.75, 3.05) is 5.32 Å². The summed E-state index contributed by atoms with van der Waals surface area (Å²) in [7, 11) is 0. The maximum Gasteiger partial charge on any atom is 0.254 e. The van der Waals surface area contributed by atoms with Gasteiger partial charge in [0.05, 0.1) is 0 Å². The van der Waals surface area contributed by atoms with Crippen molar-refractivity contribution in [2.45, 2.75) is 32.2 Å². The Morgan fingerprint density at radius 1 is 1.05 bits per heavy atom. The van der Waals surface area contributed by atoms with Gasteiger partial charge in [0.25, 0.3) is 5.78 Å². The van der Waals surface area contributed by atoms with Gasteiger partial charge in [0.1, 0.15) is 0 Å². The standard InChI is InChI=1S/C16H17N5/c1-2-6-12(7-3-1)10-17-15-19-16-18-14-9-5-4-8-13(14)11-21(16)20-15/h1-3,6-7,11H,4-5,8-10H2,(H,17,20). The molecule has 0 saturated carbocycles. The molecule has 4 rings (SSSR count). The molecular formula is C16H17N5. The fourth-order valence-electron chi connectivity index (χ4n) is 2.78. The molecule has 0 bridgehead atoms. The average molecular weight is 279 g/mol. The lowest BCUT2D eigenvalue weighted by Gasteiger charge is -2.13. The summed E-state index contributed by atoms with van der Waals surface area (Å²) in [5.74, 6) is 1.32. The van der Waals surface area contributed by atoms with Gasteiger partial charge in [-0.25, -0.2) is 9.50 Å². The van der Waals surface area contributed by atoms with Crippen LogP contribution in [0.25, 0.3) is 5.78 Å². The van der Waals surface area contributed by atoms with Crippen LogP contribution in [0.15, 0.2) is 36.5 Å². The van der Waals surface area contributed by atoms with Gasteiger partial charge in [-0.15, -0.1) is 5.10 Å². The Balaban J connectivity index is 1.59. The van der Waals surface area contributed by atoms with Gasteiger partial charge in [0.15, 0.2) is 0 Å². The fraction of sp³-hybridized carbons (Fsp3) is 0.312. The van der Waals surface area contributed by atoms with Gasteiger partial charge in [-0.05, 0) is 36.8 Å². The van der Waals surface area contributed by atoms with E-state index in [1.165, 1.54) is 29.7 Å². The van der Waals surface area contributed by atoms with E-state index in [4.69, 9.17) is 0 Å². The molecule has 1 aliphatic rings. The van der Waals surface area contributed by atoms with E-state index in [-0.39, 0.29) is 0 Å². The van der Waals surface area contributed by atoms with E-state index >= 15 is 0 Å². The van der Waals surface area contributed by atoms with Gasteiger partial charge in [-0.1, -0.05) is 30.3 Å². The molecule has 1 N–H and O–H groups in total. The molecule has 2 aromatic heterocycles. The first kappa shape index (κ1) is 12.3. The van der Waals surface area contributed by atoms with Crippen LogP contribution >= 0.6 is 0 Å². The molecule has 5 nitrogen and oxygen atoms in total. The number of rotatable bonds is 3. The monoisotopic (exact) mass is 279 g/mol. The molecule has 0 unspecified atom stereocenters. The van der Waals surface area contributed by atoms with Crippen molar-refractivity contribution < 1.29 is 0 Å². The van der Waals surface area contributed by atoms with Crippen LogP contribution in [0.2, 0.25) is 0 Å². The normalized spacial score (nSPS) is 14.1. The first-order valence-corrected chi connectivity index (χ1v) is 7.41. The Morgan fingerprint density at radius 3 is 2.81 bits per heavy atom. The lowest BCUT2D eigenvalue weighted by atomic mass is 9.98. The van der Waals surface area contributed by atoms with E-state index < -0.39 is 0 Å². The number of benzene rings is 1. The first-order valence-electron chi connectivity index (χ1n) is 7.41. The maximum absolute atomic E-state index is 4.64. The summed E-state index contributed by atoms with van der Waals surface area (Å²) in [4.78, 5) is 9.11. The van der Waals surface area contributed by atoms with Gasteiger partial charge in [-0.2, -0.15) is 4.98 Å². The zero-order chi connectivity index (χ0) is 14.1. The highest BCUT2D eigenvalue weighted by Gasteiger charge is 2.14. The Kier molecular flexibility index (Phi) is 3.03. The molecule has 0 fully saturated rings. The summed E-state index contributed by atoms with van der Waals surface area (Å²) in [6.45, 7) is 0.720. The SMILES string of the molecule is c1ccc(CNc2nc3nc4c(cn3n2)CCCC4)cc1. The number of fused-ring (bicyclic) bond motifs is 2. The molecule has 0 atom stereocenters. The highest BCUT2D eigenvalue weighted by atomic mass is 15.4. The quantitative estimate of drug-likeness (QED) is 0.800. The van der Waals surface area contributed by atoms with Crippen LogP contribution < -0.4 is 5.32 Å². The lowest BCUT2D eigenvalue weighted by molar-refractivity contribution is 0.659. The lowest BCUT2D eigenvalue weighted by Crippen LogP contribution is -2.08. The molecule has 3 aromatic rings. The molecule has 21 heavy (non-hydrogen) atoms. The molecule has 1 aromatic carbocycles. The van der Waals surface area contributed by atoms with Crippen molar-refractivity contribution in [3.05, 3.63) is 53.3 Å². The molecule has 1 aliphatic carbocycles. The predicted molar refractivity (Wildman–Crippen MR) is 81.2 cm³/mol. The van der Waals surface area contributed by atoms with Crippen molar-refractivity contribution in [1.29, 1.82) is 0 Å². The number of anilines is 1. The van der Waals surface area contributed by atoms with Crippen LogP contribution in [-0.2, 0) is 19.4 Å². The van der Waals surface area contributed by atoms with Crippen LogP contribution in [0.4, 0.5) is 5.95 Å². The molecule has 2 heterocycles. The molecule has 0 aliphatic heterocycles. The van der Waals surface area contributed by atoms with Crippen LogP contribution in [0.1, 0.15) is 29.7 Å². The number of aryl methyl sites for hydroxylation is 2. The topological polar surface area (TPSA) is 55.1 Å². The van der Waals surface area contributed by atoms with E-state index in [9.17, 15) is 0 Å². The third-order valence-electron chi connectivity index (χ3n) is 3.90. The molecular weight excluding hydrogens is 262 g/mol. The molecule has 0 spiro atoms. The van der Waals surface area contributed by atoms with Crippen LogP contribution in [-0.4, -0.2) is 19.6 Å². The van der Waals surface area contributed by atoms with Crippen LogP contribution in [0, 0.1) is 0 Å². The van der Waals surface area contributed by atoms with Crippen LogP contribution in [0.3, 0.4) is 0 Å². The Hall–Kier alpha value is -2.43. The zero-order valence-electron chi connectivity index (χ0n) is 11.8. The summed E-state index contributed by atoms with van der Waals surface area (Å²) in [5.41, 5.74) is 3.72. The molecule has 0 amide bonds. The number of hydrogen-bond donors (Lipinski definition) is 1. The number of nitrogens with zero attached hydrogens (tertiary/aromatic N) is 4. The highest BCUT2D eigenvalue weighted by molar-refractivity contribution is 5.40. The van der Waals surface area contributed by atoms with Gasteiger partial charge in [0, 0.05) is 18.4 Å². The molecule has 5 heteroatoms. The number of hydrogen-bond acceptors (Lipinski definition) is 4. The minimum atomic E-state index is 0.633. The second kappa shape index (κ2) is 5.16. The Morgan fingerprint density at radius 2 is 1.90 bits per heavy atom. The van der Waals surface area contributed by atoms with E-state index in [0.717, 1.165) is 19.4 Å². The van der Waals surface area contributed by atoms with Gasteiger partial charge >= 0.3 is 0 Å². The first-order chi connectivity index (χ1) is 10.4. The second-order valence-corrected chi connectivity index (χ2v) is 5.44. The predicted octanol–water partition coefficient (Wildman–Crippen LogP) is 2.62. The van der Waals surface area contributed by atoms with Crippen molar-refractivity contribution >= 4 is 11.7 Å².